The Morgan fingerprint density at radius 2 is 1.70 bits per heavy atom. The van der Waals surface area contributed by atoms with Gasteiger partial charge >= 0.3 is 18.0 Å². The van der Waals surface area contributed by atoms with Crippen LogP contribution in [0.4, 0.5) is 30.7 Å². The molecular weight excluding hydrogens is 425 g/mol. The molecule has 0 unspecified atom stereocenters. The van der Waals surface area contributed by atoms with E-state index >= 15 is 0 Å². The molecule has 12 heteroatoms. The van der Waals surface area contributed by atoms with Crippen molar-refractivity contribution in [2.75, 3.05) is 7.11 Å². The quantitative estimate of drug-likeness (QED) is 0.698. The third-order valence-corrected chi connectivity index (χ3v) is 4.81. The Bertz CT molecular complexity index is 862. The summed E-state index contributed by atoms with van der Waals surface area (Å²) in [7, 11) is 1.28. The molecule has 0 saturated heterocycles. The number of hydrogen-bond acceptors (Lipinski definition) is 4. The second-order valence-electron chi connectivity index (χ2n) is 7.79. The van der Waals surface area contributed by atoms with Gasteiger partial charge in [0.1, 0.15) is 11.5 Å². The van der Waals surface area contributed by atoms with Crippen molar-refractivity contribution in [2.24, 2.45) is 10.5 Å². The van der Waals surface area contributed by atoms with Crippen molar-refractivity contribution in [1.29, 1.82) is 0 Å². The maximum absolute atomic E-state index is 14.2. The number of carbonyl (C=O) groups is 1. The third-order valence-electron chi connectivity index (χ3n) is 4.81. The van der Waals surface area contributed by atoms with Gasteiger partial charge < -0.3 is 9.84 Å². The fourth-order valence-electron chi connectivity index (χ4n) is 2.75. The van der Waals surface area contributed by atoms with Crippen molar-refractivity contribution in [1.82, 2.24) is 5.01 Å². The third kappa shape index (κ3) is 3.61. The largest absolute Gasteiger partial charge is 0.497 e. The number of halogens is 7. The van der Waals surface area contributed by atoms with Crippen LogP contribution in [0.5, 0.6) is 5.75 Å². The summed E-state index contributed by atoms with van der Waals surface area (Å²) < 4.78 is 98.1. The van der Waals surface area contributed by atoms with Crippen LogP contribution in [0.3, 0.4) is 0 Å². The number of hydrogen-bond donors (Lipinski definition) is 1. The summed E-state index contributed by atoms with van der Waals surface area (Å²) in [5, 5.41) is 14.1. The fourth-order valence-corrected chi connectivity index (χ4v) is 2.75. The molecule has 1 aromatic rings. The Kier molecular flexibility index (Phi) is 5.66. The van der Waals surface area contributed by atoms with Gasteiger partial charge in [-0.3, -0.25) is 4.79 Å². The highest BCUT2D eigenvalue weighted by molar-refractivity contribution is 6.01. The minimum atomic E-state index is -6.58. The summed E-state index contributed by atoms with van der Waals surface area (Å²) in [6.45, 7) is 3.87. The lowest BCUT2D eigenvalue weighted by Crippen LogP contribution is -2.58. The van der Waals surface area contributed by atoms with Crippen LogP contribution in [0.15, 0.2) is 29.4 Å². The molecule has 1 heterocycles. The summed E-state index contributed by atoms with van der Waals surface area (Å²) in [5.41, 5.74) is -6.23. The van der Waals surface area contributed by atoms with E-state index in [1.807, 2.05) is 0 Å². The van der Waals surface area contributed by atoms with Gasteiger partial charge in [0.15, 0.2) is 5.72 Å². The average Bonchev–Trinajstić information content (AvgIpc) is 2.99. The zero-order valence-electron chi connectivity index (χ0n) is 16.3. The van der Waals surface area contributed by atoms with Crippen molar-refractivity contribution in [3.05, 3.63) is 29.8 Å². The maximum Gasteiger partial charge on any atom is 0.460 e. The Morgan fingerprint density at radius 3 is 2.17 bits per heavy atom. The molecule has 0 radical (unpaired) electrons. The van der Waals surface area contributed by atoms with Crippen LogP contribution in [-0.2, 0) is 0 Å². The standard InChI is InChI=1S/C18H19F7N2O3/c1-14(2,3)15(29)9-12(16(19,20)17(21,22)18(23,24)25)26-27(15)13(28)10-6-5-7-11(8-10)30-4/h5-8,29H,9H2,1-4H3/t15-/m0/s1. The number of ether oxygens (including phenoxy) is 1. The average molecular weight is 444 g/mol. The van der Waals surface area contributed by atoms with E-state index < -0.39 is 47.2 Å². The first-order chi connectivity index (χ1) is 13.4. The van der Waals surface area contributed by atoms with Gasteiger partial charge in [0.05, 0.1) is 7.11 Å². The molecule has 0 spiro atoms. The molecule has 0 aromatic heterocycles. The lowest BCUT2D eigenvalue weighted by molar-refractivity contribution is -0.336. The number of carbonyl (C=O) groups excluding carboxylic acids is 1. The van der Waals surface area contributed by atoms with E-state index in [2.05, 4.69) is 5.10 Å². The van der Waals surface area contributed by atoms with Crippen LogP contribution in [0.1, 0.15) is 37.6 Å². The topological polar surface area (TPSA) is 62.1 Å². The van der Waals surface area contributed by atoms with Gasteiger partial charge in [0.25, 0.3) is 5.91 Å². The number of rotatable bonds is 4. The van der Waals surface area contributed by atoms with E-state index in [1.54, 1.807) is 0 Å². The first kappa shape index (κ1) is 23.9. The monoisotopic (exact) mass is 444 g/mol. The number of hydrazone groups is 1. The molecule has 1 aliphatic rings. The minimum absolute atomic E-state index is 0.122. The Labute approximate surface area is 167 Å². The van der Waals surface area contributed by atoms with E-state index in [0.717, 1.165) is 0 Å². The van der Waals surface area contributed by atoms with Gasteiger partial charge in [0.2, 0.25) is 0 Å². The molecule has 1 N–H and O–H groups in total. The van der Waals surface area contributed by atoms with Gasteiger partial charge in [0, 0.05) is 17.4 Å². The number of alkyl halides is 7. The predicted molar refractivity (Wildman–Crippen MR) is 91.6 cm³/mol. The van der Waals surface area contributed by atoms with Crippen LogP contribution in [0, 0.1) is 5.41 Å². The lowest BCUT2D eigenvalue weighted by Gasteiger charge is -2.41. The van der Waals surface area contributed by atoms with Crippen LogP contribution in [-0.4, -0.2) is 52.6 Å². The molecule has 168 valence electrons. The molecule has 2 rings (SSSR count). The van der Waals surface area contributed by atoms with Crippen LogP contribution < -0.4 is 4.74 Å². The van der Waals surface area contributed by atoms with Gasteiger partial charge in [-0.25, -0.2) is 0 Å². The van der Waals surface area contributed by atoms with E-state index in [0.29, 0.717) is 0 Å². The minimum Gasteiger partial charge on any atom is -0.497 e. The highest BCUT2D eigenvalue weighted by Gasteiger charge is 2.76. The summed E-state index contributed by atoms with van der Waals surface area (Å²) in [4.78, 5) is 12.8. The van der Waals surface area contributed by atoms with E-state index in [1.165, 1.54) is 52.1 Å². The maximum atomic E-state index is 14.2. The zero-order chi connectivity index (χ0) is 23.3. The van der Waals surface area contributed by atoms with Gasteiger partial charge in [-0.2, -0.15) is 40.8 Å². The SMILES string of the molecule is COc1cccc(C(=O)N2N=C(C(F)(F)C(F)(F)C(F)(F)F)C[C@]2(O)C(C)(C)C)c1. The van der Waals surface area contributed by atoms with Crippen molar-refractivity contribution in [3.63, 3.8) is 0 Å². The van der Waals surface area contributed by atoms with Crippen molar-refractivity contribution in [3.8, 4) is 5.75 Å². The second-order valence-corrected chi connectivity index (χ2v) is 7.79. The number of aliphatic hydroxyl groups is 1. The predicted octanol–water partition coefficient (Wildman–Crippen LogP) is 4.46. The van der Waals surface area contributed by atoms with Crippen molar-refractivity contribution >= 4 is 11.6 Å². The molecule has 1 atom stereocenters. The summed E-state index contributed by atoms with van der Waals surface area (Å²) in [6, 6.07) is 5.18. The Hall–Kier alpha value is -2.37. The van der Waals surface area contributed by atoms with Gasteiger partial charge in [-0.15, -0.1) is 0 Å². The van der Waals surface area contributed by atoms with Crippen LogP contribution in [0.25, 0.3) is 0 Å². The molecule has 0 bridgehead atoms. The Balaban J connectivity index is 2.60. The molecule has 30 heavy (non-hydrogen) atoms. The number of benzene rings is 1. The van der Waals surface area contributed by atoms with E-state index in [9.17, 15) is 40.6 Å². The smallest absolute Gasteiger partial charge is 0.460 e. The Morgan fingerprint density at radius 1 is 1.13 bits per heavy atom. The number of methoxy groups -OCH3 is 1. The highest BCUT2D eigenvalue weighted by Crippen LogP contribution is 2.51. The molecule has 5 nitrogen and oxygen atoms in total. The van der Waals surface area contributed by atoms with Crippen molar-refractivity contribution < 1.29 is 45.4 Å². The first-order valence-corrected chi connectivity index (χ1v) is 8.51. The normalized spacial score (nSPS) is 20.9. The zero-order valence-corrected chi connectivity index (χ0v) is 16.3. The molecule has 0 saturated carbocycles. The molecule has 0 aliphatic carbocycles. The van der Waals surface area contributed by atoms with E-state index in [4.69, 9.17) is 4.74 Å². The lowest BCUT2D eigenvalue weighted by atomic mass is 9.79. The summed E-state index contributed by atoms with van der Waals surface area (Å²) in [5.74, 6) is -13.3. The summed E-state index contributed by atoms with van der Waals surface area (Å²) in [6.07, 6.45) is -7.99. The molecule has 0 fully saturated rings. The highest BCUT2D eigenvalue weighted by atomic mass is 19.4. The number of amides is 1. The first-order valence-electron chi connectivity index (χ1n) is 8.51. The number of nitrogens with zero attached hydrogens (tertiary/aromatic N) is 2. The van der Waals surface area contributed by atoms with E-state index in [-0.39, 0.29) is 16.3 Å². The van der Waals surface area contributed by atoms with Gasteiger partial charge in [-0.1, -0.05) is 26.8 Å². The molecule has 1 amide bonds. The van der Waals surface area contributed by atoms with Crippen LogP contribution in [0.2, 0.25) is 0 Å². The van der Waals surface area contributed by atoms with Gasteiger partial charge in [-0.05, 0) is 18.2 Å². The molecule has 1 aliphatic heterocycles. The molecule has 1 aromatic carbocycles. The van der Waals surface area contributed by atoms with Crippen molar-refractivity contribution in [2.45, 2.75) is 50.9 Å². The fraction of sp³-hybridized carbons (Fsp3) is 0.556. The second kappa shape index (κ2) is 7.10. The summed E-state index contributed by atoms with van der Waals surface area (Å²) >= 11 is 0. The molecular formula is C18H19F7N2O3. The van der Waals surface area contributed by atoms with Crippen LogP contribution >= 0.6 is 0 Å².